The Kier molecular flexibility index (Phi) is 5.82. The van der Waals surface area contributed by atoms with Crippen molar-refractivity contribution >= 4 is 0 Å². The average Bonchev–Trinajstić information content (AvgIpc) is 2.35. The van der Waals surface area contributed by atoms with Crippen molar-refractivity contribution in [1.82, 2.24) is 0 Å². The summed E-state index contributed by atoms with van der Waals surface area (Å²) in [5.41, 5.74) is 0. The van der Waals surface area contributed by atoms with Gasteiger partial charge in [0.25, 0.3) is 0 Å². The molecular weight excluding hydrogens is 387 g/mol. The predicted molar refractivity (Wildman–Crippen MR) is 48.5 cm³/mol. The van der Waals surface area contributed by atoms with Gasteiger partial charge in [-0.25, -0.2) is 0 Å². The van der Waals surface area contributed by atoms with E-state index in [-0.39, 0.29) is 0 Å². The van der Waals surface area contributed by atoms with Crippen LogP contribution in [0.2, 0.25) is 0 Å². The quantitative estimate of drug-likeness (QED) is 0.650. The first-order chi connectivity index (χ1) is 10.2. The Hall–Kier alpha value is -0.990. The molecule has 0 amide bonds. The van der Waals surface area contributed by atoms with Crippen molar-refractivity contribution in [1.29, 1.82) is 0 Å². The smallest absolute Gasteiger partial charge is 0.394 e. The van der Waals surface area contributed by atoms with Crippen LogP contribution in [0.1, 0.15) is 6.42 Å². The van der Waals surface area contributed by atoms with Crippen LogP contribution in [0.4, 0.5) is 57.1 Å². The van der Waals surface area contributed by atoms with E-state index in [4.69, 9.17) is 10.2 Å². The van der Waals surface area contributed by atoms with Gasteiger partial charge < -0.3 is 10.2 Å². The number of hydrogen-bond donors (Lipinski definition) is 2. The maximum Gasteiger partial charge on any atom is 0.460 e. The summed E-state index contributed by atoms with van der Waals surface area (Å²) in [6.45, 7) is -1.74. The van der Waals surface area contributed by atoms with E-state index in [9.17, 15) is 57.1 Å². The summed E-state index contributed by atoms with van der Waals surface area (Å²) in [6, 6.07) is 0. The molecule has 146 valence electrons. The maximum absolute atomic E-state index is 13.0. The summed E-state index contributed by atoms with van der Waals surface area (Å²) in [4.78, 5) is 0. The number of aliphatic hydroxyl groups is 2. The fourth-order valence-electron chi connectivity index (χ4n) is 1.29. The molecule has 0 aromatic carbocycles. The van der Waals surface area contributed by atoms with Gasteiger partial charge in [0.1, 0.15) is 0 Å². The van der Waals surface area contributed by atoms with E-state index in [0.717, 1.165) is 0 Å². The second-order valence-corrected chi connectivity index (χ2v) is 4.54. The molecule has 0 spiro atoms. The summed E-state index contributed by atoms with van der Waals surface area (Å²) >= 11 is 0. The molecule has 0 aliphatic carbocycles. The summed E-state index contributed by atoms with van der Waals surface area (Å²) in [6.07, 6.45) is -13.2. The Labute approximate surface area is 123 Å². The van der Waals surface area contributed by atoms with Gasteiger partial charge in [0.2, 0.25) is 0 Å². The van der Waals surface area contributed by atoms with Crippen molar-refractivity contribution in [2.75, 3.05) is 6.61 Å². The maximum atomic E-state index is 13.0. The highest BCUT2D eigenvalue weighted by Crippen LogP contribution is 2.60. The molecule has 0 aromatic rings. The minimum atomic E-state index is -7.96. The molecular formula is C9H7F13O2. The van der Waals surface area contributed by atoms with Crippen molar-refractivity contribution in [2.45, 2.75) is 48.3 Å². The highest BCUT2D eigenvalue weighted by atomic mass is 19.4. The van der Waals surface area contributed by atoms with Crippen molar-refractivity contribution in [3.63, 3.8) is 0 Å². The predicted octanol–water partition coefficient (Wildman–Crippen LogP) is 3.47. The van der Waals surface area contributed by atoms with Gasteiger partial charge in [0.15, 0.2) is 0 Å². The molecule has 0 bridgehead atoms. The van der Waals surface area contributed by atoms with E-state index in [0.29, 0.717) is 0 Å². The van der Waals surface area contributed by atoms with Crippen LogP contribution in [0.3, 0.4) is 0 Å². The second-order valence-electron chi connectivity index (χ2n) is 4.54. The van der Waals surface area contributed by atoms with Gasteiger partial charge in [-0.05, 0) is 0 Å². The van der Waals surface area contributed by atoms with Crippen LogP contribution in [-0.4, -0.2) is 58.7 Å². The first kappa shape index (κ1) is 23.0. The zero-order valence-corrected chi connectivity index (χ0v) is 10.8. The van der Waals surface area contributed by atoms with E-state index < -0.39 is 54.9 Å². The Morgan fingerprint density at radius 2 is 0.917 bits per heavy atom. The average molecular weight is 394 g/mol. The molecule has 0 saturated heterocycles. The molecule has 0 aliphatic heterocycles. The number of rotatable bonds is 7. The zero-order chi connectivity index (χ0) is 20.0. The van der Waals surface area contributed by atoms with Gasteiger partial charge in [-0.2, -0.15) is 57.1 Å². The Morgan fingerprint density at radius 1 is 0.583 bits per heavy atom. The Balaban J connectivity index is 6.11. The first-order valence-corrected chi connectivity index (χ1v) is 5.45. The minimum absolute atomic E-state index is 1.74. The third kappa shape index (κ3) is 3.23. The Bertz CT molecular complexity index is 441. The monoisotopic (exact) mass is 394 g/mol. The van der Waals surface area contributed by atoms with E-state index in [2.05, 4.69) is 0 Å². The van der Waals surface area contributed by atoms with Crippen LogP contribution in [-0.2, 0) is 0 Å². The highest BCUT2D eigenvalue weighted by molar-refractivity contribution is 5.10. The number of alkyl halides is 13. The third-order valence-electron chi connectivity index (χ3n) is 2.70. The van der Waals surface area contributed by atoms with Crippen molar-refractivity contribution in [3.05, 3.63) is 0 Å². The van der Waals surface area contributed by atoms with Gasteiger partial charge in [0, 0.05) is 6.42 Å². The summed E-state index contributed by atoms with van der Waals surface area (Å²) in [5, 5.41) is 16.6. The third-order valence-corrected chi connectivity index (χ3v) is 2.70. The lowest BCUT2D eigenvalue weighted by Gasteiger charge is -2.40. The normalized spacial score (nSPS) is 17.1. The number of aliphatic hydroxyl groups excluding tert-OH is 2. The number of hydrogen-bond acceptors (Lipinski definition) is 2. The van der Waals surface area contributed by atoms with E-state index >= 15 is 0 Å². The highest BCUT2D eigenvalue weighted by Gasteiger charge is 2.90. The fourth-order valence-corrected chi connectivity index (χ4v) is 1.29. The van der Waals surface area contributed by atoms with E-state index in [1.807, 2.05) is 0 Å². The molecule has 0 aliphatic rings. The number of halogens is 13. The van der Waals surface area contributed by atoms with Crippen LogP contribution in [0.5, 0.6) is 0 Å². The SMILES string of the molecule is OCC(O)CC(F)(F)C(F)(F)C(F)(F)C(F)(F)C(F)(F)C(F)(F)F. The van der Waals surface area contributed by atoms with Crippen molar-refractivity contribution in [2.24, 2.45) is 0 Å². The molecule has 24 heavy (non-hydrogen) atoms. The molecule has 0 radical (unpaired) electrons. The van der Waals surface area contributed by atoms with Gasteiger partial charge in [-0.3, -0.25) is 0 Å². The molecule has 1 atom stereocenters. The molecule has 2 nitrogen and oxygen atoms in total. The van der Waals surface area contributed by atoms with Crippen LogP contribution in [0.25, 0.3) is 0 Å². The summed E-state index contributed by atoms with van der Waals surface area (Å²) < 4.78 is 164. The molecule has 1 unspecified atom stereocenters. The molecule has 0 rings (SSSR count). The van der Waals surface area contributed by atoms with Crippen LogP contribution in [0.15, 0.2) is 0 Å². The summed E-state index contributed by atoms with van der Waals surface area (Å²) in [5.74, 6) is -37.4. The van der Waals surface area contributed by atoms with Gasteiger partial charge in [0.05, 0.1) is 12.7 Å². The van der Waals surface area contributed by atoms with E-state index in [1.54, 1.807) is 0 Å². The molecule has 0 fully saturated rings. The summed E-state index contributed by atoms with van der Waals surface area (Å²) in [7, 11) is 0. The molecule has 15 heteroatoms. The standard InChI is InChI=1S/C9H7F13O2/c10-4(11,1-3(24)2-23)5(12,13)6(14,15)7(16,17)8(18,19)9(20,21)22/h3,23-24H,1-2H2. The van der Waals surface area contributed by atoms with Gasteiger partial charge in [-0.1, -0.05) is 0 Å². The molecule has 2 N–H and O–H groups in total. The van der Waals surface area contributed by atoms with Gasteiger partial charge in [-0.15, -0.1) is 0 Å². The van der Waals surface area contributed by atoms with Gasteiger partial charge >= 0.3 is 35.8 Å². The first-order valence-electron chi connectivity index (χ1n) is 5.45. The topological polar surface area (TPSA) is 40.5 Å². The molecule has 0 heterocycles. The largest absolute Gasteiger partial charge is 0.460 e. The van der Waals surface area contributed by atoms with Crippen LogP contribution >= 0.6 is 0 Å². The van der Waals surface area contributed by atoms with Crippen LogP contribution in [0, 0.1) is 0 Å². The molecule has 0 aromatic heterocycles. The van der Waals surface area contributed by atoms with Crippen molar-refractivity contribution < 1.29 is 67.3 Å². The Morgan fingerprint density at radius 3 is 1.21 bits per heavy atom. The minimum Gasteiger partial charge on any atom is -0.394 e. The van der Waals surface area contributed by atoms with Crippen molar-refractivity contribution in [3.8, 4) is 0 Å². The van der Waals surface area contributed by atoms with Crippen LogP contribution < -0.4 is 0 Å². The lowest BCUT2D eigenvalue weighted by molar-refractivity contribution is -0.440. The second kappa shape index (κ2) is 6.07. The zero-order valence-electron chi connectivity index (χ0n) is 10.8. The lowest BCUT2D eigenvalue weighted by Crippen LogP contribution is -2.70. The lowest BCUT2D eigenvalue weighted by atomic mass is 9.91. The fraction of sp³-hybridized carbons (Fsp3) is 1.00. The molecule has 0 saturated carbocycles. The van der Waals surface area contributed by atoms with E-state index in [1.165, 1.54) is 0 Å².